The molecule has 0 unspecified atom stereocenters. The van der Waals surface area contributed by atoms with Crippen LogP contribution in [0.4, 0.5) is 0 Å². The van der Waals surface area contributed by atoms with Crippen LogP contribution in [0.25, 0.3) is 0 Å². The molecule has 2 nitrogen and oxygen atoms in total. The van der Waals surface area contributed by atoms with Crippen LogP contribution >= 0.6 is 23.2 Å². The zero-order valence-corrected chi connectivity index (χ0v) is 12.7. The van der Waals surface area contributed by atoms with Gasteiger partial charge >= 0.3 is 0 Å². The standard InChI is InChI=1S/C15H19Cl2NO/c1-2-3-6-15(7-8-18-10-15)14(19)11-4-5-12(16)13(17)9-11/h4-5,9,18H,2-3,6-8,10H2,1H3/t15-/m1/s1. The van der Waals surface area contributed by atoms with Gasteiger partial charge in [-0.25, -0.2) is 0 Å². The normalized spacial score (nSPS) is 22.7. The Morgan fingerprint density at radius 2 is 2.16 bits per heavy atom. The Kier molecular flexibility index (Phi) is 4.88. The van der Waals surface area contributed by atoms with Crippen LogP contribution in [-0.2, 0) is 0 Å². The Balaban J connectivity index is 2.26. The molecule has 1 aromatic rings. The molecule has 0 amide bonds. The van der Waals surface area contributed by atoms with Gasteiger partial charge in [-0.1, -0.05) is 43.0 Å². The van der Waals surface area contributed by atoms with E-state index in [1.54, 1.807) is 18.2 Å². The fourth-order valence-electron chi connectivity index (χ4n) is 2.72. The molecule has 0 saturated carbocycles. The summed E-state index contributed by atoms with van der Waals surface area (Å²) in [4.78, 5) is 12.8. The highest BCUT2D eigenvalue weighted by atomic mass is 35.5. The van der Waals surface area contributed by atoms with E-state index in [0.29, 0.717) is 15.6 Å². The molecule has 0 radical (unpaired) electrons. The van der Waals surface area contributed by atoms with Crippen molar-refractivity contribution in [3.8, 4) is 0 Å². The molecule has 1 aliphatic heterocycles. The minimum Gasteiger partial charge on any atom is -0.316 e. The number of benzene rings is 1. The number of Topliss-reactive ketones (excluding diaryl/α,β-unsaturated/α-hetero) is 1. The number of carbonyl (C=O) groups is 1. The lowest BCUT2D eigenvalue weighted by molar-refractivity contribution is 0.0799. The van der Waals surface area contributed by atoms with Crippen molar-refractivity contribution < 1.29 is 4.79 Å². The summed E-state index contributed by atoms with van der Waals surface area (Å²) in [6.45, 7) is 3.84. The van der Waals surface area contributed by atoms with E-state index in [1.165, 1.54) is 0 Å². The Hall–Kier alpha value is -0.570. The van der Waals surface area contributed by atoms with Crippen LogP contribution < -0.4 is 5.32 Å². The molecule has 1 atom stereocenters. The predicted octanol–water partition coefficient (Wildman–Crippen LogP) is 4.35. The maximum absolute atomic E-state index is 12.8. The Morgan fingerprint density at radius 1 is 1.37 bits per heavy atom. The van der Waals surface area contributed by atoms with Crippen LogP contribution in [0.1, 0.15) is 43.0 Å². The monoisotopic (exact) mass is 299 g/mol. The lowest BCUT2D eigenvalue weighted by Gasteiger charge is -2.26. The fourth-order valence-corrected chi connectivity index (χ4v) is 3.02. The van der Waals surface area contributed by atoms with E-state index in [9.17, 15) is 4.79 Å². The van der Waals surface area contributed by atoms with Crippen molar-refractivity contribution in [3.63, 3.8) is 0 Å². The summed E-state index contributed by atoms with van der Waals surface area (Å²) in [7, 11) is 0. The lowest BCUT2D eigenvalue weighted by atomic mass is 9.75. The molecule has 4 heteroatoms. The number of ketones is 1. The molecular formula is C15H19Cl2NO. The van der Waals surface area contributed by atoms with Gasteiger partial charge in [0.05, 0.1) is 10.0 Å². The summed E-state index contributed by atoms with van der Waals surface area (Å²) < 4.78 is 0. The first-order chi connectivity index (χ1) is 9.09. The third kappa shape index (κ3) is 3.13. The van der Waals surface area contributed by atoms with E-state index >= 15 is 0 Å². The van der Waals surface area contributed by atoms with Crippen LogP contribution in [0.15, 0.2) is 18.2 Å². The minimum absolute atomic E-state index is 0.199. The second-order valence-corrected chi connectivity index (χ2v) is 6.08. The van der Waals surface area contributed by atoms with Crippen LogP contribution in [0.3, 0.4) is 0 Å². The summed E-state index contributed by atoms with van der Waals surface area (Å²) in [5, 5.41) is 4.26. The van der Waals surface area contributed by atoms with Crippen LogP contribution in [0.5, 0.6) is 0 Å². The number of unbranched alkanes of at least 4 members (excludes halogenated alkanes) is 1. The molecule has 1 saturated heterocycles. The number of halogens is 2. The molecule has 0 aromatic heterocycles. The zero-order valence-electron chi connectivity index (χ0n) is 11.1. The van der Waals surface area contributed by atoms with Crippen molar-refractivity contribution in [2.75, 3.05) is 13.1 Å². The second kappa shape index (κ2) is 6.25. The number of hydrogen-bond donors (Lipinski definition) is 1. The van der Waals surface area contributed by atoms with Gasteiger partial charge in [-0.15, -0.1) is 0 Å². The molecule has 0 aliphatic carbocycles. The van der Waals surface area contributed by atoms with Crippen molar-refractivity contribution in [3.05, 3.63) is 33.8 Å². The van der Waals surface area contributed by atoms with Crippen molar-refractivity contribution in [1.82, 2.24) is 5.32 Å². The number of nitrogens with one attached hydrogen (secondary N) is 1. The van der Waals surface area contributed by atoms with Crippen LogP contribution in [0.2, 0.25) is 10.0 Å². The van der Waals surface area contributed by atoms with E-state index in [4.69, 9.17) is 23.2 Å². The average molecular weight is 300 g/mol. The molecule has 1 heterocycles. The second-order valence-electron chi connectivity index (χ2n) is 5.27. The predicted molar refractivity (Wildman–Crippen MR) is 80.2 cm³/mol. The molecule has 0 bridgehead atoms. The average Bonchev–Trinajstić information content (AvgIpc) is 2.89. The van der Waals surface area contributed by atoms with Crippen molar-refractivity contribution in [2.45, 2.75) is 32.6 Å². The highest BCUT2D eigenvalue weighted by molar-refractivity contribution is 6.42. The molecule has 1 N–H and O–H groups in total. The van der Waals surface area contributed by atoms with Gasteiger partial charge in [0.2, 0.25) is 0 Å². The molecule has 19 heavy (non-hydrogen) atoms. The molecule has 0 spiro atoms. The molecule has 2 rings (SSSR count). The van der Waals surface area contributed by atoms with Gasteiger partial charge < -0.3 is 5.32 Å². The van der Waals surface area contributed by atoms with Gasteiger partial charge in [0.1, 0.15) is 0 Å². The topological polar surface area (TPSA) is 29.1 Å². The van der Waals surface area contributed by atoms with Crippen molar-refractivity contribution in [1.29, 1.82) is 0 Å². The maximum Gasteiger partial charge on any atom is 0.170 e. The molecule has 1 fully saturated rings. The summed E-state index contributed by atoms with van der Waals surface area (Å²) in [6, 6.07) is 5.17. The zero-order chi connectivity index (χ0) is 13.9. The van der Waals surface area contributed by atoms with Gasteiger partial charge in [-0.05, 0) is 37.6 Å². The van der Waals surface area contributed by atoms with E-state index in [0.717, 1.165) is 38.8 Å². The molecule has 1 aliphatic rings. The Labute approximate surface area is 124 Å². The summed E-state index contributed by atoms with van der Waals surface area (Å²) in [6.07, 6.45) is 4.03. The SMILES string of the molecule is CCCC[C@@]1(C(=O)c2ccc(Cl)c(Cl)c2)CCNC1. The van der Waals surface area contributed by atoms with Gasteiger partial charge in [-0.2, -0.15) is 0 Å². The smallest absolute Gasteiger partial charge is 0.170 e. The summed E-state index contributed by atoms with van der Waals surface area (Å²) in [5.74, 6) is 0.199. The molecular weight excluding hydrogens is 281 g/mol. The Morgan fingerprint density at radius 3 is 2.74 bits per heavy atom. The number of rotatable bonds is 5. The van der Waals surface area contributed by atoms with Crippen LogP contribution in [0, 0.1) is 5.41 Å². The lowest BCUT2D eigenvalue weighted by Crippen LogP contribution is -2.33. The largest absolute Gasteiger partial charge is 0.316 e. The van der Waals surface area contributed by atoms with Gasteiger partial charge in [0, 0.05) is 17.5 Å². The third-order valence-electron chi connectivity index (χ3n) is 3.92. The maximum atomic E-state index is 12.8. The first-order valence-corrected chi connectivity index (χ1v) is 7.55. The molecule has 1 aromatic carbocycles. The van der Waals surface area contributed by atoms with Gasteiger partial charge in [0.15, 0.2) is 5.78 Å². The van der Waals surface area contributed by atoms with Gasteiger partial charge in [-0.3, -0.25) is 4.79 Å². The third-order valence-corrected chi connectivity index (χ3v) is 4.66. The van der Waals surface area contributed by atoms with Gasteiger partial charge in [0.25, 0.3) is 0 Å². The van der Waals surface area contributed by atoms with E-state index in [-0.39, 0.29) is 11.2 Å². The van der Waals surface area contributed by atoms with E-state index < -0.39 is 0 Å². The van der Waals surface area contributed by atoms with E-state index in [2.05, 4.69) is 12.2 Å². The number of carbonyl (C=O) groups excluding carboxylic acids is 1. The molecule has 104 valence electrons. The highest BCUT2D eigenvalue weighted by Crippen LogP contribution is 2.36. The van der Waals surface area contributed by atoms with E-state index in [1.807, 2.05) is 0 Å². The van der Waals surface area contributed by atoms with Crippen molar-refractivity contribution in [2.24, 2.45) is 5.41 Å². The number of hydrogen-bond acceptors (Lipinski definition) is 2. The summed E-state index contributed by atoms with van der Waals surface area (Å²) >= 11 is 11.9. The van der Waals surface area contributed by atoms with Crippen molar-refractivity contribution >= 4 is 29.0 Å². The first-order valence-electron chi connectivity index (χ1n) is 6.79. The Bertz CT molecular complexity index is 467. The quantitative estimate of drug-likeness (QED) is 0.819. The summed E-state index contributed by atoms with van der Waals surface area (Å²) in [5.41, 5.74) is 0.418. The fraction of sp³-hybridized carbons (Fsp3) is 0.533. The first kappa shape index (κ1) is 14.8. The highest BCUT2D eigenvalue weighted by Gasteiger charge is 2.40. The minimum atomic E-state index is -0.257. The van der Waals surface area contributed by atoms with Crippen LogP contribution in [-0.4, -0.2) is 18.9 Å².